The molecule has 176 valence electrons. The Bertz CT molecular complexity index is 1060. The van der Waals surface area contributed by atoms with Crippen LogP contribution in [0.15, 0.2) is 36.5 Å². The van der Waals surface area contributed by atoms with Crippen molar-refractivity contribution in [2.75, 3.05) is 17.3 Å². The Hall–Kier alpha value is -3.33. The first kappa shape index (κ1) is 24.3. The van der Waals surface area contributed by atoms with E-state index in [-0.39, 0.29) is 18.2 Å². The summed E-state index contributed by atoms with van der Waals surface area (Å²) in [6.45, 7) is 7.06. The first-order chi connectivity index (χ1) is 15.6. The summed E-state index contributed by atoms with van der Waals surface area (Å²) in [6.07, 6.45) is 1.85. The van der Waals surface area contributed by atoms with Gasteiger partial charge in [-0.1, -0.05) is 19.9 Å². The molecule has 1 aliphatic rings. The summed E-state index contributed by atoms with van der Waals surface area (Å²) in [5, 5.41) is 8.47. The number of rotatable bonds is 7. The third kappa shape index (κ3) is 5.19. The Balaban J connectivity index is 1.91. The van der Waals surface area contributed by atoms with E-state index in [4.69, 9.17) is 0 Å². The van der Waals surface area contributed by atoms with Crippen LogP contribution in [-0.4, -0.2) is 47.9 Å². The van der Waals surface area contributed by atoms with E-state index in [9.17, 15) is 18.8 Å². The van der Waals surface area contributed by atoms with Gasteiger partial charge in [0.25, 0.3) is 5.91 Å². The summed E-state index contributed by atoms with van der Waals surface area (Å²) < 4.78 is 13.5. The molecule has 0 bridgehead atoms. The molecule has 2 heterocycles. The number of likely N-dealkylation sites (N-methyl/N-ethyl adjacent to an activating group) is 1. The zero-order chi connectivity index (χ0) is 24.3. The van der Waals surface area contributed by atoms with Gasteiger partial charge in [-0.3, -0.25) is 19.3 Å². The molecule has 1 aliphatic heterocycles. The third-order valence-electron chi connectivity index (χ3n) is 5.86. The van der Waals surface area contributed by atoms with Crippen molar-refractivity contribution in [3.05, 3.63) is 53.5 Å². The number of anilines is 2. The molecule has 3 amide bonds. The van der Waals surface area contributed by atoms with E-state index in [1.165, 1.54) is 23.1 Å². The summed E-state index contributed by atoms with van der Waals surface area (Å²) in [6, 6.07) is 5.48. The van der Waals surface area contributed by atoms with Gasteiger partial charge in [0.1, 0.15) is 23.7 Å². The van der Waals surface area contributed by atoms with Crippen LogP contribution in [-0.2, 0) is 20.8 Å². The van der Waals surface area contributed by atoms with Gasteiger partial charge in [-0.2, -0.15) is 0 Å². The number of fused-ring (bicyclic) bond motifs is 1. The summed E-state index contributed by atoms with van der Waals surface area (Å²) in [7, 11) is 1.66. The van der Waals surface area contributed by atoms with Crippen molar-refractivity contribution in [3.8, 4) is 0 Å². The number of hydrogen-bond donors (Lipinski definition) is 3. The van der Waals surface area contributed by atoms with Gasteiger partial charge < -0.3 is 16.0 Å². The summed E-state index contributed by atoms with van der Waals surface area (Å²) in [4.78, 5) is 45.2. The number of hydrogen-bond acceptors (Lipinski definition) is 5. The van der Waals surface area contributed by atoms with Crippen molar-refractivity contribution in [1.29, 1.82) is 0 Å². The highest BCUT2D eigenvalue weighted by atomic mass is 19.1. The Morgan fingerprint density at radius 1 is 1.18 bits per heavy atom. The fourth-order valence-electron chi connectivity index (χ4n) is 3.78. The van der Waals surface area contributed by atoms with Gasteiger partial charge in [0.2, 0.25) is 11.8 Å². The molecule has 0 radical (unpaired) electrons. The van der Waals surface area contributed by atoms with Gasteiger partial charge >= 0.3 is 0 Å². The van der Waals surface area contributed by atoms with Crippen LogP contribution in [0.1, 0.15) is 31.9 Å². The summed E-state index contributed by atoms with van der Waals surface area (Å²) in [5.41, 5.74) is 1.80. The molecule has 0 saturated heterocycles. The predicted octanol–water partition coefficient (Wildman–Crippen LogP) is 2.17. The number of nitrogens with one attached hydrogen (secondary N) is 3. The van der Waals surface area contributed by atoms with Gasteiger partial charge in [-0.15, -0.1) is 0 Å². The highest BCUT2D eigenvalue weighted by Crippen LogP contribution is 2.32. The number of nitrogens with zero attached hydrogens (tertiary/aromatic N) is 2. The van der Waals surface area contributed by atoms with Crippen LogP contribution in [0.5, 0.6) is 0 Å². The molecule has 3 atom stereocenters. The van der Waals surface area contributed by atoms with E-state index in [1.54, 1.807) is 33.2 Å². The van der Waals surface area contributed by atoms with Crippen molar-refractivity contribution in [1.82, 2.24) is 15.6 Å². The predicted molar refractivity (Wildman–Crippen MR) is 124 cm³/mol. The maximum Gasteiger partial charge on any atom is 0.251 e. The van der Waals surface area contributed by atoms with Crippen LogP contribution in [0.3, 0.4) is 0 Å². The lowest BCUT2D eigenvalue weighted by atomic mass is 10.0. The number of aromatic nitrogens is 1. The molecule has 1 aromatic carbocycles. The molecule has 2 aromatic rings. The Labute approximate surface area is 193 Å². The number of carbonyl (C=O) groups is 3. The van der Waals surface area contributed by atoms with Crippen LogP contribution in [0.4, 0.5) is 15.9 Å². The second kappa shape index (κ2) is 10.1. The van der Waals surface area contributed by atoms with Crippen LogP contribution >= 0.6 is 0 Å². The van der Waals surface area contributed by atoms with Gasteiger partial charge in [0, 0.05) is 18.3 Å². The second-order valence-electron chi connectivity index (χ2n) is 8.60. The van der Waals surface area contributed by atoms with E-state index in [0.29, 0.717) is 17.1 Å². The molecule has 33 heavy (non-hydrogen) atoms. The van der Waals surface area contributed by atoms with Gasteiger partial charge in [-0.05, 0) is 62.2 Å². The van der Waals surface area contributed by atoms with E-state index in [2.05, 4.69) is 20.9 Å². The molecule has 8 nitrogen and oxygen atoms in total. The van der Waals surface area contributed by atoms with Gasteiger partial charge in [-0.25, -0.2) is 9.37 Å². The van der Waals surface area contributed by atoms with E-state index < -0.39 is 35.8 Å². The molecular weight excluding hydrogens is 425 g/mol. The van der Waals surface area contributed by atoms with E-state index in [0.717, 1.165) is 5.56 Å². The van der Waals surface area contributed by atoms with Crippen molar-refractivity contribution in [2.45, 2.75) is 52.2 Å². The largest absolute Gasteiger partial charge is 0.343 e. The molecule has 0 fully saturated rings. The first-order valence-corrected chi connectivity index (χ1v) is 11.0. The number of halogens is 1. The summed E-state index contributed by atoms with van der Waals surface area (Å²) >= 11 is 0. The highest BCUT2D eigenvalue weighted by Gasteiger charge is 2.43. The van der Waals surface area contributed by atoms with Crippen molar-refractivity contribution >= 4 is 29.2 Å². The molecule has 0 saturated carbocycles. The van der Waals surface area contributed by atoms with Crippen LogP contribution in [0.25, 0.3) is 0 Å². The number of amides is 3. The maximum absolute atomic E-state index is 13.7. The smallest absolute Gasteiger partial charge is 0.251 e. The molecule has 0 aliphatic carbocycles. The average molecular weight is 456 g/mol. The van der Waals surface area contributed by atoms with Gasteiger partial charge in [0.05, 0.1) is 6.04 Å². The Kier molecular flexibility index (Phi) is 7.43. The highest BCUT2D eigenvalue weighted by molar-refractivity contribution is 6.09. The van der Waals surface area contributed by atoms with Crippen molar-refractivity contribution < 1.29 is 18.8 Å². The second-order valence-corrected chi connectivity index (χ2v) is 8.60. The molecule has 3 rings (SSSR count). The number of pyridine rings is 1. The monoisotopic (exact) mass is 455 g/mol. The molecule has 0 unspecified atom stereocenters. The SMILES string of the molecule is CN[C@@H](C)C(=O)N[C@H](C(=O)N1c2ncccc2C[C@H]1C(=O)Nc1ccc(F)cc1C)C(C)C. The molecule has 0 spiro atoms. The fraction of sp³-hybridized carbons (Fsp3) is 0.417. The Morgan fingerprint density at radius 2 is 1.91 bits per heavy atom. The van der Waals surface area contributed by atoms with Crippen LogP contribution < -0.4 is 20.9 Å². The molecule has 9 heteroatoms. The zero-order valence-electron chi connectivity index (χ0n) is 19.5. The standard InChI is InChI=1S/C24H30FN5O3/c1-13(2)20(29-22(31)15(4)26-5)24(33)30-19(12-16-7-6-10-27-21(16)30)23(32)28-18-9-8-17(25)11-14(18)3/h6-11,13,15,19-20,26H,12H2,1-5H3,(H,28,32)(H,29,31)/t15-,19-,20-/m0/s1. The van der Waals surface area contributed by atoms with Crippen molar-refractivity contribution in [2.24, 2.45) is 5.92 Å². The number of carbonyl (C=O) groups excluding carboxylic acids is 3. The molecular formula is C24H30FN5O3. The molecule has 3 N–H and O–H groups in total. The quantitative estimate of drug-likeness (QED) is 0.594. The van der Waals surface area contributed by atoms with Crippen LogP contribution in [0, 0.1) is 18.7 Å². The summed E-state index contributed by atoms with van der Waals surface area (Å²) in [5.74, 6) is -1.34. The topological polar surface area (TPSA) is 103 Å². The number of benzene rings is 1. The third-order valence-corrected chi connectivity index (χ3v) is 5.86. The zero-order valence-corrected chi connectivity index (χ0v) is 19.5. The van der Waals surface area contributed by atoms with Crippen molar-refractivity contribution in [3.63, 3.8) is 0 Å². The first-order valence-electron chi connectivity index (χ1n) is 11.0. The lowest BCUT2D eigenvalue weighted by Crippen LogP contribution is -2.57. The minimum atomic E-state index is -0.855. The van der Waals surface area contributed by atoms with E-state index in [1.807, 2.05) is 19.9 Å². The fourth-order valence-corrected chi connectivity index (χ4v) is 3.78. The lowest BCUT2D eigenvalue weighted by molar-refractivity contribution is -0.130. The van der Waals surface area contributed by atoms with E-state index >= 15 is 0 Å². The minimum Gasteiger partial charge on any atom is -0.343 e. The maximum atomic E-state index is 13.7. The van der Waals surface area contributed by atoms with Gasteiger partial charge in [0.15, 0.2) is 0 Å². The lowest BCUT2D eigenvalue weighted by Gasteiger charge is -2.31. The number of aryl methyl sites for hydroxylation is 1. The average Bonchev–Trinajstić information content (AvgIpc) is 3.17. The Morgan fingerprint density at radius 3 is 2.55 bits per heavy atom. The van der Waals surface area contributed by atoms with Crippen LogP contribution in [0.2, 0.25) is 0 Å². The minimum absolute atomic E-state index is 0.221. The normalized spacial score (nSPS) is 16.8. The molecule has 1 aromatic heterocycles.